The molecule has 0 spiro atoms. The van der Waals surface area contributed by atoms with Crippen LogP contribution in [0.4, 0.5) is 0 Å². The van der Waals surface area contributed by atoms with Crippen LogP contribution in [0.25, 0.3) is 0 Å². The molecule has 1 unspecified atom stereocenters. The first-order chi connectivity index (χ1) is 10.5. The normalized spacial score (nSPS) is 20.2. The molecule has 0 saturated heterocycles. The van der Waals surface area contributed by atoms with Gasteiger partial charge in [-0.15, -0.1) is 0 Å². The zero-order valence-electron chi connectivity index (χ0n) is 14.8. The fourth-order valence-corrected chi connectivity index (χ4v) is 3.40. The molecule has 0 aromatic heterocycles. The molecule has 22 heavy (non-hydrogen) atoms. The van der Waals surface area contributed by atoms with Crippen LogP contribution in [0.2, 0.25) is 0 Å². The molecule has 0 aliphatic heterocycles. The monoisotopic (exact) mass is 304 g/mol. The first-order valence-corrected chi connectivity index (χ1v) is 8.88. The number of Topliss-reactive ketones (excluding diaryl/α,β-unsaturated/α-hetero) is 2. The zero-order chi connectivity index (χ0) is 16.5. The summed E-state index contributed by atoms with van der Waals surface area (Å²) in [5, 5.41) is 0. The lowest BCUT2D eigenvalue weighted by Crippen LogP contribution is -2.14. The first-order valence-electron chi connectivity index (χ1n) is 8.88. The highest BCUT2D eigenvalue weighted by Crippen LogP contribution is 2.31. The molecule has 2 heteroatoms. The van der Waals surface area contributed by atoms with E-state index in [2.05, 4.69) is 13.8 Å². The predicted molar refractivity (Wildman–Crippen MR) is 92.8 cm³/mol. The quantitative estimate of drug-likeness (QED) is 0.694. The van der Waals surface area contributed by atoms with Crippen LogP contribution in [0, 0.1) is 11.8 Å². The van der Waals surface area contributed by atoms with Gasteiger partial charge in [0.2, 0.25) is 0 Å². The Morgan fingerprint density at radius 1 is 1.14 bits per heavy atom. The Morgan fingerprint density at radius 3 is 2.23 bits per heavy atom. The maximum atomic E-state index is 11.1. The van der Waals surface area contributed by atoms with E-state index in [-0.39, 0.29) is 11.6 Å². The van der Waals surface area contributed by atoms with E-state index in [1.165, 1.54) is 52.4 Å². The van der Waals surface area contributed by atoms with Crippen LogP contribution < -0.4 is 0 Å². The molecule has 0 heterocycles. The van der Waals surface area contributed by atoms with E-state index in [9.17, 15) is 9.59 Å². The van der Waals surface area contributed by atoms with E-state index in [1.807, 2.05) is 6.08 Å². The third kappa shape index (κ3) is 5.90. The number of hydrogen-bond donors (Lipinski definition) is 0. The second kappa shape index (κ2) is 9.76. The summed E-state index contributed by atoms with van der Waals surface area (Å²) in [6.07, 6.45) is 14.1. The largest absolute Gasteiger partial charge is 0.295 e. The summed E-state index contributed by atoms with van der Waals surface area (Å²) in [4.78, 5) is 22.1. The second-order valence-electron chi connectivity index (χ2n) is 6.73. The molecule has 1 saturated carbocycles. The lowest BCUT2D eigenvalue weighted by molar-refractivity contribution is -0.116. The van der Waals surface area contributed by atoms with Crippen molar-refractivity contribution in [3.05, 3.63) is 23.3 Å². The van der Waals surface area contributed by atoms with Crippen molar-refractivity contribution in [2.24, 2.45) is 11.8 Å². The van der Waals surface area contributed by atoms with Gasteiger partial charge in [-0.2, -0.15) is 0 Å². The van der Waals surface area contributed by atoms with Gasteiger partial charge in [0.1, 0.15) is 0 Å². The van der Waals surface area contributed by atoms with Crippen LogP contribution in [0.5, 0.6) is 0 Å². The van der Waals surface area contributed by atoms with E-state index >= 15 is 0 Å². The Hall–Kier alpha value is -1.18. The zero-order valence-corrected chi connectivity index (χ0v) is 14.8. The van der Waals surface area contributed by atoms with Gasteiger partial charge < -0.3 is 0 Å². The molecule has 1 atom stereocenters. The lowest BCUT2D eigenvalue weighted by atomic mass is 9.80. The van der Waals surface area contributed by atoms with Gasteiger partial charge in [-0.05, 0) is 38.5 Å². The van der Waals surface area contributed by atoms with E-state index in [4.69, 9.17) is 0 Å². The third-order valence-corrected chi connectivity index (χ3v) is 5.07. The van der Waals surface area contributed by atoms with Crippen molar-refractivity contribution in [2.75, 3.05) is 0 Å². The van der Waals surface area contributed by atoms with Crippen molar-refractivity contribution in [3.8, 4) is 0 Å². The fourth-order valence-electron chi connectivity index (χ4n) is 3.40. The third-order valence-electron chi connectivity index (χ3n) is 5.07. The number of rotatable bonds is 4. The van der Waals surface area contributed by atoms with Crippen molar-refractivity contribution in [2.45, 2.75) is 79.1 Å². The second-order valence-corrected chi connectivity index (χ2v) is 6.73. The van der Waals surface area contributed by atoms with E-state index < -0.39 is 0 Å². The van der Waals surface area contributed by atoms with Gasteiger partial charge in [0, 0.05) is 11.1 Å². The highest BCUT2D eigenvalue weighted by molar-refractivity contribution is 6.06. The Balaban J connectivity index is 0.000000224. The number of carbonyl (C=O) groups is 2. The van der Waals surface area contributed by atoms with Crippen LogP contribution in [-0.2, 0) is 9.59 Å². The Kier molecular flexibility index (Phi) is 8.37. The minimum atomic E-state index is -0.0175. The van der Waals surface area contributed by atoms with Crippen molar-refractivity contribution in [1.29, 1.82) is 0 Å². The predicted octanol–water partition coefficient (Wildman–Crippen LogP) is 5.42. The molecule has 2 nitrogen and oxygen atoms in total. The van der Waals surface area contributed by atoms with Crippen LogP contribution in [0.1, 0.15) is 79.1 Å². The summed E-state index contributed by atoms with van der Waals surface area (Å²) in [5.41, 5.74) is 1.28. The molecule has 0 bridgehead atoms. The summed E-state index contributed by atoms with van der Waals surface area (Å²) in [6.45, 7) is 7.74. The van der Waals surface area contributed by atoms with Gasteiger partial charge in [0.05, 0.1) is 0 Å². The minimum Gasteiger partial charge on any atom is -0.295 e. The van der Waals surface area contributed by atoms with Crippen molar-refractivity contribution in [1.82, 2.24) is 0 Å². The Morgan fingerprint density at radius 2 is 1.77 bits per heavy atom. The van der Waals surface area contributed by atoms with Crippen molar-refractivity contribution < 1.29 is 9.59 Å². The fraction of sp³-hybridized carbons (Fsp3) is 0.700. The summed E-state index contributed by atoms with van der Waals surface area (Å²) in [7, 11) is 0. The molecule has 0 N–H and O–H groups in total. The smallest absolute Gasteiger partial charge is 0.160 e. The molecule has 0 aromatic carbocycles. The summed E-state index contributed by atoms with van der Waals surface area (Å²) < 4.78 is 0. The molecule has 1 fully saturated rings. The summed E-state index contributed by atoms with van der Waals surface area (Å²) in [5.74, 6) is 2.06. The first kappa shape index (κ1) is 18.9. The number of carbonyl (C=O) groups excluding carboxylic acids is 2. The molecular weight excluding hydrogens is 272 g/mol. The van der Waals surface area contributed by atoms with Gasteiger partial charge in [0.15, 0.2) is 11.6 Å². The summed E-state index contributed by atoms with van der Waals surface area (Å²) >= 11 is 0. The van der Waals surface area contributed by atoms with Crippen LogP contribution in [-0.4, -0.2) is 11.6 Å². The molecule has 0 amide bonds. The van der Waals surface area contributed by atoms with E-state index in [1.54, 1.807) is 6.08 Å². The number of allylic oxidation sites excluding steroid dienone is 4. The van der Waals surface area contributed by atoms with Gasteiger partial charge in [-0.1, -0.05) is 64.5 Å². The molecule has 0 radical (unpaired) electrons. The van der Waals surface area contributed by atoms with Gasteiger partial charge in [0.25, 0.3) is 0 Å². The Labute approximate surface area is 136 Å². The average molecular weight is 304 g/mol. The SMILES string of the molecule is CC(=O)C1=C(C(C)=O)CCC=C1.CCC(C)C1CCCCC1. The number of hydrogen-bond acceptors (Lipinski definition) is 2. The minimum absolute atomic E-state index is 0.0175. The molecule has 2 rings (SSSR count). The molecule has 0 aromatic rings. The van der Waals surface area contributed by atoms with Crippen LogP contribution in [0.15, 0.2) is 23.3 Å². The van der Waals surface area contributed by atoms with Gasteiger partial charge in [-0.25, -0.2) is 0 Å². The van der Waals surface area contributed by atoms with Crippen LogP contribution >= 0.6 is 0 Å². The van der Waals surface area contributed by atoms with Crippen molar-refractivity contribution >= 4 is 11.6 Å². The summed E-state index contributed by atoms with van der Waals surface area (Å²) in [6, 6.07) is 0. The van der Waals surface area contributed by atoms with Gasteiger partial charge >= 0.3 is 0 Å². The Bertz CT molecular complexity index is 437. The molecular formula is C20H32O2. The van der Waals surface area contributed by atoms with Crippen molar-refractivity contribution in [3.63, 3.8) is 0 Å². The molecule has 124 valence electrons. The maximum absolute atomic E-state index is 11.1. The number of ketones is 2. The molecule has 2 aliphatic rings. The standard InChI is InChI=1S/C10H12O2.C10H20/c1-7(11)9-5-3-4-6-10(9)8(2)12;1-3-9(2)10-7-5-4-6-8-10/h3,5H,4,6H2,1-2H3;9-10H,3-8H2,1-2H3. The van der Waals surface area contributed by atoms with Crippen LogP contribution in [0.3, 0.4) is 0 Å². The average Bonchev–Trinajstić information content (AvgIpc) is 2.55. The topological polar surface area (TPSA) is 34.1 Å². The maximum Gasteiger partial charge on any atom is 0.160 e. The highest BCUT2D eigenvalue weighted by Gasteiger charge is 2.18. The van der Waals surface area contributed by atoms with Gasteiger partial charge in [-0.3, -0.25) is 9.59 Å². The van der Waals surface area contributed by atoms with E-state index in [0.717, 1.165) is 18.3 Å². The highest BCUT2D eigenvalue weighted by atomic mass is 16.1. The van der Waals surface area contributed by atoms with E-state index in [0.29, 0.717) is 17.6 Å². The molecule has 2 aliphatic carbocycles. The lowest BCUT2D eigenvalue weighted by Gasteiger charge is -2.26.